The molecule has 0 radical (unpaired) electrons. The van der Waals surface area contributed by atoms with Gasteiger partial charge in [0.2, 0.25) is 0 Å². The summed E-state index contributed by atoms with van der Waals surface area (Å²) in [5, 5.41) is 2.70. The number of rotatable bonds is 8. The third-order valence-electron chi connectivity index (χ3n) is 3.92. The Hall–Kier alpha value is -1.27. The van der Waals surface area contributed by atoms with Gasteiger partial charge in [-0.1, -0.05) is 59.8 Å². The lowest BCUT2D eigenvalue weighted by atomic mass is 9.96. The fourth-order valence-corrected chi connectivity index (χ4v) is 2.86. The van der Waals surface area contributed by atoms with Crippen LogP contribution >= 0.6 is 11.3 Å². The number of aryl methyl sites for hydroxylation is 1. The monoisotopic (exact) mass is 445 g/mol. The van der Waals surface area contributed by atoms with Gasteiger partial charge in [0.25, 0.3) is 0 Å². The van der Waals surface area contributed by atoms with Crippen LogP contribution in [0.25, 0.3) is 0 Å². The van der Waals surface area contributed by atoms with Gasteiger partial charge in [-0.3, -0.25) is 0 Å². The van der Waals surface area contributed by atoms with E-state index in [4.69, 9.17) is 14.3 Å². The highest BCUT2D eigenvalue weighted by Crippen LogP contribution is 2.16. The Kier molecular flexibility index (Phi) is 24.9. The summed E-state index contributed by atoms with van der Waals surface area (Å²) in [6.45, 7) is 18.6. The number of ether oxygens (including phenoxy) is 2. The summed E-state index contributed by atoms with van der Waals surface area (Å²) in [6.07, 6.45) is 8.58. The van der Waals surface area contributed by atoms with Crippen LogP contribution in [0.4, 0.5) is 0 Å². The van der Waals surface area contributed by atoms with Gasteiger partial charge in [-0.05, 0) is 47.0 Å². The molecular weight excluding hydrogens is 398 g/mol. The lowest BCUT2D eigenvalue weighted by Crippen LogP contribution is -2.15. The highest BCUT2D eigenvalue weighted by molar-refractivity contribution is 7.09. The van der Waals surface area contributed by atoms with Crippen LogP contribution in [0.2, 0.25) is 0 Å². The molecule has 0 atom stereocenters. The predicted molar refractivity (Wildman–Crippen MR) is 130 cm³/mol. The summed E-state index contributed by atoms with van der Waals surface area (Å²) in [4.78, 5) is 24.0. The van der Waals surface area contributed by atoms with Gasteiger partial charge in [0.1, 0.15) is 6.29 Å². The molecule has 0 N–H and O–H groups in total. The number of carbonyl (C=O) groups is 2. The van der Waals surface area contributed by atoms with E-state index in [1.807, 2.05) is 27.7 Å². The lowest BCUT2D eigenvalue weighted by Gasteiger charge is -2.14. The molecule has 1 aromatic heterocycles. The van der Waals surface area contributed by atoms with Crippen LogP contribution in [-0.4, -0.2) is 36.6 Å². The van der Waals surface area contributed by atoms with Crippen LogP contribution in [0.1, 0.15) is 110 Å². The smallest absolute Gasteiger partial charge is 0.357 e. The molecule has 0 bridgehead atoms. The zero-order valence-electron chi connectivity index (χ0n) is 21.2. The number of aromatic nitrogens is 1. The van der Waals surface area contributed by atoms with E-state index in [0.29, 0.717) is 12.3 Å². The fraction of sp³-hybridized carbons (Fsp3) is 0.792. The minimum absolute atomic E-state index is 0.0417. The van der Waals surface area contributed by atoms with Crippen molar-refractivity contribution in [2.24, 2.45) is 5.92 Å². The summed E-state index contributed by atoms with van der Waals surface area (Å²) < 4.78 is 9.73. The maximum absolute atomic E-state index is 11.1. The highest BCUT2D eigenvalue weighted by Gasteiger charge is 2.09. The molecule has 1 rings (SSSR count). The minimum Gasteiger partial charge on any atom is -0.461 e. The van der Waals surface area contributed by atoms with Gasteiger partial charge >= 0.3 is 5.97 Å². The molecule has 0 aliphatic heterocycles. The Labute approximate surface area is 190 Å². The van der Waals surface area contributed by atoms with Crippen molar-refractivity contribution in [1.29, 1.82) is 0 Å². The number of hydrogen-bond donors (Lipinski definition) is 0. The Morgan fingerprint density at radius 2 is 1.60 bits per heavy atom. The first kappa shape index (κ1) is 33.4. The molecule has 178 valence electrons. The number of hydrogen-bond acceptors (Lipinski definition) is 6. The van der Waals surface area contributed by atoms with E-state index in [9.17, 15) is 4.79 Å². The number of thiazole rings is 1. The van der Waals surface area contributed by atoms with Crippen LogP contribution in [0.5, 0.6) is 0 Å². The van der Waals surface area contributed by atoms with Gasteiger partial charge in [0, 0.05) is 12.5 Å². The highest BCUT2D eigenvalue weighted by atomic mass is 32.1. The molecular formula is C24H47NO4S. The van der Waals surface area contributed by atoms with Crippen molar-refractivity contribution in [2.75, 3.05) is 13.7 Å². The van der Waals surface area contributed by atoms with Gasteiger partial charge in [-0.25, -0.2) is 9.78 Å². The SMILES string of the molecule is CC=O.CCCC(CC)CCC.CCOC(=O)c1csc(CC)n1.COC(C)(C)C. The van der Waals surface area contributed by atoms with Crippen molar-refractivity contribution in [1.82, 2.24) is 4.98 Å². The molecule has 0 unspecified atom stereocenters. The van der Waals surface area contributed by atoms with E-state index in [-0.39, 0.29) is 11.6 Å². The first-order chi connectivity index (χ1) is 14.1. The van der Waals surface area contributed by atoms with Gasteiger partial charge in [-0.15, -0.1) is 11.3 Å². The molecule has 0 aromatic carbocycles. The van der Waals surface area contributed by atoms with E-state index in [1.165, 1.54) is 50.4 Å². The van der Waals surface area contributed by atoms with E-state index >= 15 is 0 Å². The van der Waals surface area contributed by atoms with E-state index < -0.39 is 0 Å². The Balaban J connectivity index is -0.000000359. The molecule has 0 aliphatic rings. The second kappa shape index (κ2) is 22.4. The number of methoxy groups -OCH3 is 1. The van der Waals surface area contributed by atoms with Crippen molar-refractivity contribution in [3.05, 3.63) is 16.1 Å². The van der Waals surface area contributed by atoms with Crippen molar-refractivity contribution < 1.29 is 19.1 Å². The van der Waals surface area contributed by atoms with Gasteiger partial charge in [0.15, 0.2) is 5.69 Å². The molecule has 1 aromatic rings. The molecule has 1 heterocycles. The second-order valence-electron chi connectivity index (χ2n) is 7.60. The maximum atomic E-state index is 11.1. The molecule has 0 amide bonds. The van der Waals surface area contributed by atoms with E-state index in [2.05, 4.69) is 25.8 Å². The zero-order chi connectivity index (χ0) is 24.0. The van der Waals surface area contributed by atoms with E-state index in [1.54, 1.807) is 19.4 Å². The first-order valence-electron chi connectivity index (χ1n) is 11.2. The Morgan fingerprint density at radius 1 is 1.13 bits per heavy atom. The van der Waals surface area contributed by atoms with Crippen molar-refractivity contribution in [3.8, 4) is 0 Å². The largest absolute Gasteiger partial charge is 0.461 e. The number of aldehydes is 1. The topological polar surface area (TPSA) is 65.5 Å². The first-order valence-corrected chi connectivity index (χ1v) is 12.0. The molecule has 0 saturated carbocycles. The summed E-state index contributed by atoms with van der Waals surface area (Å²) in [7, 11) is 1.71. The minimum atomic E-state index is -0.326. The quantitative estimate of drug-likeness (QED) is 0.314. The molecule has 0 aliphatic carbocycles. The molecule has 6 heteroatoms. The van der Waals surface area contributed by atoms with E-state index in [0.717, 1.165) is 23.6 Å². The number of carbonyl (C=O) groups excluding carboxylic acids is 2. The summed E-state index contributed by atoms with van der Waals surface area (Å²) in [6, 6.07) is 0. The fourth-order valence-electron chi connectivity index (χ4n) is 2.14. The number of esters is 1. The average molecular weight is 446 g/mol. The lowest BCUT2D eigenvalue weighted by molar-refractivity contribution is -0.106. The third kappa shape index (κ3) is 23.0. The normalized spacial score (nSPS) is 9.97. The van der Waals surface area contributed by atoms with Crippen LogP contribution in [0, 0.1) is 5.92 Å². The van der Waals surface area contributed by atoms with Gasteiger partial charge in [0.05, 0.1) is 17.2 Å². The van der Waals surface area contributed by atoms with Crippen LogP contribution in [0.15, 0.2) is 5.38 Å². The average Bonchev–Trinajstić information content (AvgIpc) is 3.18. The van der Waals surface area contributed by atoms with Gasteiger partial charge in [-0.2, -0.15) is 0 Å². The third-order valence-corrected chi connectivity index (χ3v) is 4.92. The Morgan fingerprint density at radius 3 is 1.87 bits per heavy atom. The van der Waals surface area contributed by atoms with Crippen LogP contribution < -0.4 is 0 Å². The maximum Gasteiger partial charge on any atom is 0.357 e. The van der Waals surface area contributed by atoms with Crippen LogP contribution in [0.3, 0.4) is 0 Å². The Bertz CT molecular complexity index is 504. The molecule has 0 saturated heterocycles. The molecule has 0 spiro atoms. The molecule has 30 heavy (non-hydrogen) atoms. The second-order valence-corrected chi connectivity index (χ2v) is 8.55. The number of nitrogens with zero attached hydrogens (tertiary/aromatic N) is 1. The summed E-state index contributed by atoms with van der Waals surface area (Å²) >= 11 is 1.49. The molecule has 0 fully saturated rings. The van der Waals surface area contributed by atoms with Crippen molar-refractivity contribution in [3.63, 3.8) is 0 Å². The zero-order valence-corrected chi connectivity index (χ0v) is 22.0. The van der Waals surface area contributed by atoms with Crippen molar-refractivity contribution >= 4 is 23.6 Å². The standard InChI is InChI=1S/C9H20.C8H11NO2S.C5H12O.C2H4O/c1-4-7-9(6-3)8-5-2;1-3-7-9-6(5-12-7)8(10)11-4-2;1-5(2,3)6-4;1-2-3/h9H,4-8H2,1-3H3;5H,3-4H2,1-2H3;1-4H3;2H,1H3. The molecule has 5 nitrogen and oxygen atoms in total. The summed E-state index contributed by atoms with van der Waals surface area (Å²) in [5.74, 6) is 0.688. The van der Waals surface area contributed by atoms with Crippen molar-refractivity contribution in [2.45, 2.75) is 106 Å². The predicted octanol–water partition coefficient (Wildman–Crippen LogP) is 7.13. The van der Waals surface area contributed by atoms with Gasteiger partial charge < -0.3 is 14.3 Å². The van der Waals surface area contributed by atoms with Crippen LogP contribution in [-0.2, 0) is 20.7 Å². The summed E-state index contributed by atoms with van der Waals surface area (Å²) in [5.41, 5.74) is 0.471.